The fourth-order valence-electron chi connectivity index (χ4n) is 0.669. The molecule has 9 heavy (non-hydrogen) atoms. The Labute approximate surface area is 52.5 Å². The Hall–Kier alpha value is -1.03. The van der Waals surface area contributed by atoms with Gasteiger partial charge in [0.05, 0.1) is 6.42 Å². The minimum atomic E-state index is -0.808. The summed E-state index contributed by atoms with van der Waals surface area (Å²) in [6.07, 6.45) is 1.89. The number of carboxylic acids is 1. The third kappa shape index (κ3) is 1.73. The first-order valence-electron chi connectivity index (χ1n) is 2.69. The maximum Gasteiger partial charge on any atom is 0.309 e. The summed E-state index contributed by atoms with van der Waals surface area (Å²) in [7, 11) is 0. The van der Waals surface area contributed by atoms with E-state index in [1.165, 1.54) is 0 Å². The predicted molar refractivity (Wildman–Crippen MR) is 31.5 cm³/mol. The van der Waals surface area contributed by atoms with Gasteiger partial charge in [0.15, 0.2) is 0 Å². The molecule has 0 amide bonds. The van der Waals surface area contributed by atoms with E-state index in [1.54, 1.807) is 0 Å². The summed E-state index contributed by atoms with van der Waals surface area (Å²) in [6, 6.07) is 0. The quantitative estimate of drug-likeness (QED) is 0.467. The molecule has 1 heterocycles. The van der Waals surface area contributed by atoms with Crippen molar-refractivity contribution in [1.29, 1.82) is 0 Å². The monoisotopic (exact) mass is 128 g/mol. The number of hydrogen-bond donors (Lipinski definition) is 3. The van der Waals surface area contributed by atoms with E-state index < -0.39 is 5.97 Å². The molecule has 0 fully saturated rings. The van der Waals surface area contributed by atoms with Crippen LogP contribution in [0.5, 0.6) is 0 Å². The number of carbonyl (C=O) groups is 1. The average Bonchev–Trinajstić information content (AvgIpc) is 2.15. The Bertz CT molecular complexity index is 153. The van der Waals surface area contributed by atoms with Crippen molar-refractivity contribution in [3.05, 3.63) is 11.8 Å². The minimum absolute atomic E-state index is 0.0764. The van der Waals surface area contributed by atoms with Gasteiger partial charge in [0, 0.05) is 12.2 Å². The van der Waals surface area contributed by atoms with Gasteiger partial charge in [-0.25, -0.2) is 5.43 Å². The molecule has 0 saturated carbocycles. The van der Waals surface area contributed by atoms with Gasteiger partial charge in [-0.05, 0) is 6.08 Å². The number of carboxylic acid groups (broad SMARTS) is 1. The maximum absolute atomic E-state index is 10.0. The van der Waals surface area contributed by atoms with Crippen LogP contribution < -0.4 is 10.9 Å². The van der Waals surface area contributed by atoms with E-state index in [9.17, 15) is 4.79 Å². The number of rotatable bonds is 2. The summed E-state index contributed by atoms with van der Waals surface area (Å²) in [5.41, 5.74) is 6.23. The van der Waals surface area contributed by atoms with Crippen LogP contribution in [0.4, 0.5) is 0 Å². The second-order valence-electron chi connectivity index (χ2n) is 1.81. The van der Waals surface area contributed by atoms with Gasteiger partial charge in [0.2, 0.25) is 0 Å². The Kier molecular flexibility index (Phi) is 1.69. The van der Waals surface area contributed by atoms with Crippen LogP contribution in [0, 0.1) is 0 Å². The fourth-order valence-corrected chi connectivity index (χ4v) is 0.669. The molecule has 4 nitrogen and oxygen atoms in total. The first-order valence-corrected chi connectivity index (χ1v) is 2.69. The zero-order chi connectivity index (χ0) is 6.69. The molecule has 3 N–H and O–H groups in total. The van der Waals surface area contributed by atoms with Crippen molar-refractivity contribution in [3.63, 3.8) is 0 Å². The van der Waals surface area contributed by atoms with Gasteiger partial charge >= 0.3 is 5.97 Å². The lowest BCUT2D eigenvalue weighted by molar-refractivity contribution is -0.136. The van der Waals surface area contributed by atoms with Crippen molar-refractivity contribution in [2.45, 2.75) is 6.42 Å². The molecular weight excluding hydrogens is 120 g/mol. The number of hydrazine groups is 1. The Morgan fingerprint density at radius 3 is 3.11 bits per heavy atom. The molecule has 0 atom stereocenters. The van der Waals surface area contributed by atoms with Gasteiger partial charge in [-0.2, -0.15) is 0 Å². The zero-order valence-corrected chi connectivity index (χ0v) is 4.85. The topological polar surface area (TPSA) is 61.4 Å². The molecule has 0 saturated heterocycles. The first-order chi connectivity index (χ1) is 4.29. The highest BCUT2D eigenvalue weighted by atomic mass is 16.4. The molecular formula is C5H8N2O2. The fraction of sp³-hybridized carbons (Fsp3) is 0.400. The highest BCUT2D eigenvalue weighted by molar-refractivity contribution is 5.69. The van der Waals surface area contributed by atoms with E-state index in [0.29, 0.717) is 6.54 Å². The Morgan fingerprint density at radius 1 is 1.89 bits per heavy atom. The van der Waals surface area contributed by atoms with Gasteiger partial charge in [-0.1, -0.05) is 0 Å². The van der Waals surface area contributed by atoms with Crippen LogP contribution in [-0.4, -0.2) is 17.6 Å². The summed E-state index contributed by atoms with van der Waals surface area (Å²) in [5.74, 6) is -0.808. The molecule has 0 aromatic heterocycles. The first kappa shape index (κ1) is 6.10. The molecule has 1 aliphatic rings. The van der Waals surface area contributed by atoms with Crippen LogP contribution in [0.2, 0.25) is 0 Å². The third-order valence-corrected chi connectivity index (χ3v) is 1.04. The van der Waals surface area contributed by atoms with E-state index >= 15 is 0 Å². The number of aliphatic carboxylic acids is 1. The van der Waals surface area contributed by atoms with E-state index in [1.807, 2.05) is 6.08 Å². The lowest BCUT2D eigenvalue weighted by Crippen LogP contribution is -2.24. The van der Waals surface area contributed by atoms with E-state index in [-0.39, 0.29) is 6.42 Å². The zero-order valence-electron chi connectivity index (χ0n) is 4.85. The molecule has 0 aliphatic carbocycles. The number of nitrogens with one attached hydrogen (secondary N) is 2. The standard InChI is InChI=1S/C5H8N2O2/c8-5(9)3-4-1-2-6-7-4/h1,6-7H,2-3H2,(H,8,9). The second kappa shape index (κ2) is 2.50. The largest absolute Gasteiger partial charge is 0.481 e. The SMILES string of the molecule is O=C(O)CC1=CCNN1. The van der Waals surface area contributed by atoms with Crippen LogP contribution in [0.15, 0.2) is 11.8 Å². The lowest BCUT2D eigenvalue weighted by atomic mass is 10.3. The second-order valence-corrected chi connectivity index (χ2v) is 1.81. The molecule has 50 valence electrons. The van der Waals surface area contributed by atoms with Crippen molar-refractivity contribution < 1.29 is 9.90 Å². The summed E-state index contributed by atoms with van der Waals surface area (Å²) in [4.78, 5) is 10.0. The third-order valence-electron chi connectivity index (χ3n) is 1.04. The smallest absolute Gasteiger partial charge is 0.309 e. The van der Waals surface area contributed by atoms with Crippen molar-refractivity contribution in [2.24, 2.45) is 0 Å². The Morgan fingerprint density at radius 2 is 2.67 bits per heavy atom. The highest BCUT2D eigenvalue weighted by Crippen LogP contribution is 1.97. The predicted octanol–water partition coefficient (Wildman–Crippen LogP) is -0.547. The summed E-state index contributed by atoms with van der Waals surface area (Å²) < 4.78 is 0. The molecule has 0 aromatic rings. The van der Waals surface area contributed by atoms with Crippen LogP contribution in [-0.2, 0) is 4.79 Å². The lowest BCUT2D eigenvalue weighted by Gasteiger charge is -1.97. The van der Waals surface area contributed by atoms with Crippen LogP contribution in [0.3, 0.4) is 0 Å². The van der Waals surface area contributed by atoms with Gasteiger partial charge in [0.1, 0.15) is 0 Å². The normalized spacial score (nSPS) is 16.7. The minimum Gasteiger partial charge on any atom is -0.481 e. The molecule has 4 heteroatoms. The van der Waals surface area contributed by atoms with Crippen molar-refractivity contribution >= 4 is 5.97 Å². The van der Waals surface area contributed by atoms with Crippen LogP contribution >= 0.6 is 0 Å². The summed E-state index contributed by atoms with van der Waals surface area (Å²) in [5, 5.41) is 8.27. The van der Waals surface area contributed by atoms with Gasteiger partial charge < -0.3 is 10.5 Å². The average molecular weight is 128 g/mol. The highest BCUT2D eigenvalue weighted by Gasteiger charge is 2.05. The van der Waals surface area contributed by atoms with Crippen molar-refractivity contribution in [3.8, 4) is 0 Å². The molecule has 0 unspecified atom stereocenters. The van der Waals surface area contributed by atoms with Crippen molar-refractivity contribution in [2.75, 3.05) is 6.54 Å². The summed E-state index contributed by atoms with van der Waals surface area (Å²) in [6.45, 7) is 0.711. The number of hydrogen-bond acceptors (Lipinski definition) is 3. The molecule has 0 aromatic carbocycles. The van der Waals surface area contributed by atoms with Gasteiger partial charge in [-0.15, -0.1) is 0 Å². The van der Waals surface area contributed by atoms with Gasteiger partial charge in [-0.3, -0.25) is 4.79 Å². The van der Waals surface area contributed by atoms with E-state index in [4.69, 9.17) is 5.11 Å². The van der Waals surface area contributed by atoms with E-state index in [2.05, 4.69) is 10.9 Å². The van der Waals surface area contributed by atoms with Crippen LogP contribution in [0.25, 0.3) is 0 Å². The molecule has 0 radical (unpaired) electrons. The molecule has 1 rings (SSSR count). The van der Waals surface area contributed by atoms with Gasteiger partial charge in [0.25, 0.3) is 0 Å². The Balaban J connectivity index is 2.35. The van der Waals surface area contributed by atoms with Crippen LogP contribution in [0.1, 0.15) is 6.42 Å². The van der Waals surface area contributed by atoms with Crippen molar-refractivity contribution in [1.82, 2.24) is 10.9 Å². The molecule has 0 spiro atoms. The van der Waals surface area contributed by atoms with E-state index in [0.717, 1.165) is 5.70 Å². The summed E-state index contributed by atoms with van der Waals surface area (Å²) >= 11 is 0. The molecule has 1 aliphatic heterocycles. The maximum atomic E-state index is 10.0. The molecule has 0 bridgehead atoms.